The lowest BCUT2D eigenvalue weighted by atomic mass is 9.97. The number of nitrogens with two attached hydrogens (primary N) is 1. The van der Waals surface area contributed by atoms with E-state index >= 15 is 0 Å². The molecule has 3 N–H and O–H groups in total. The fourth-order valence-corrected chi connectivity index (χ4v) is 3.15. The van der Waals surface area contributed by atoms with Crippen LogP contribution in [0.4, 0.5) is 0 Å². The van der Waals surface area contributed by atoms with Crippen molar-refractivity contribution in [2.45, 2.75) is 55.8 Å². The number of esters is 1. The Labute approximate surface area is 127 Å². The quantitative estimate of drug-likeness (QED) is 0.422. The maximum atomic E-state index is 11.6. The van der Waals surface area contributed by atoms with E-state index in [0.29, 0.717) is 12.5 Å². The summed E-state index contributed by atoms with van der Waals surface area (Å²) in [6, 6.07) is 0.324. The van der Waals surface area contributed by atoms with Crippen LogP contribution in [0.25, 0.3) is 0 Å². The van der Waals surface area contributed by atoms with Crippen molar-refractivity contribution in [2.75, 3.05) is 12.9 Å². The zero-order valence-electron chi connectivity index (χ0n) is 12.4. The summed E-state index contributed by atoms with van der Waals surface area (Å²) >= 11 is 1.56. The standard InChI is InChI=1S/C13H22N4O3S/c1-13(14,10(18)20-2)7-3-4-8-21-12-16-15-11(19)17(12)9-5-6-9/h9H,3-8,14H2,1-2H3,(H,15,19). The van der Waals surface area contributed by atoms with E-state index in [9.17, 15) is 9.59 Å². The number of aromatic amines is 1. The van der Waals surface area contributed by atoms with Crippen LogP contribution in [0.15, 0.2) is 9.95 Å². The summed E-state index contributed by atoms with van der Waals surface area (Å²) in [5.74, 6) is 0.457. The number of carbonyl (C=O) groups excluding carboxylic acids is 1. The molecule has 1 fully saturated rings. The van der Waals surface area contributed by atoms with Gasteiger partial charge in [0.05, 0.1) is 7.11 Å². The number of ether oxygens (including phenoxy) is 1. The van der Waals surface area contributed by atoms with Crippen molar-refractivity contribution in [3.63, 3.8) is 0 Å². The summed E-state index contributed by atoms with van der Waals surface area (Å²) in [5, 5.41) is 7.31. The van der Waals surface area contributed by atoms with Crippen molar-refractivity contribution in [1.29, 1.82) is 0 Å². The van der Waals surface area contributed by atoms with Gasteiger partial charge in [-0.2, -0.15) is 0 Å². The fraction of sp³-hybridized carbons (Fsp3) is 0.769. The number of unbranched alkanes of at least 4 members (excludes halogenated alkanes) is 1. The molecular formula is C13H22N4O3S. The molecule has 0 radical (unpaired) electrons. The predicted molar refractivity (Wildman–Crippen MR) is 80.3 cm³/mol. The Kier molecular flexibility index (Phi) is 5.10. The highest BCUT2D eigenvalue weighted by atomic mass is 32.2. The number of carbonyl (C=O) groups is 1. The van der Waals surface area contributed by atoms with E-state index in [0.717, 1.165) is 36.6 Å². The number of nitrogens with one attached hydrogen (secondary N) is 1. The summed E-state index contributed by atoms with van der Waals surface area (Å²) in [6.45, 7) is 1.68. The predicted octanol–water partition coefficient (Wildman–Crippen LogP) is 1.06. The van der Waals surface area contributed by atoms with Gasteiger partial charge in [0, 0.05) is 11.8 Å². The minimum absolute atomic E-state index is 0.125. The Morgan fingerprint density at radius 3 is 2.90 bits per heavy atom. The Morgan fingerprint density at radius 2 is 2.29 bits per heavy atom. The first-order valence-electron chi connectivity index (χ1n) is 7.12. The Morgan fingerprint density at radius 1 is 1.57 bits per heavy atom. The summed E-state index contributed by atoms with van der Waals surface area (Å²) in [4.78, 5) is 23.1. The van der Waals surface area contributed by atoms with Gasteiger partial charge in [-0.15, -0.1) is 5.10 Å². The van der Waals surface area contributed by atoms with Crippen LogP contribution in [-0.4, -0.2) is 39.1 Å². The zero-order valence-corrected chi connectivity index (χ0v) is 13.2. The molecule has 1 saturated carbocycles. The van der Waals surface area contributed by atoms with Gasteiger partial charge in [-0.1, -0.05) is 18.2 Å². The van der Waals surface area contributed by atoms with Crippen molar-refractivity contribution in [1.82, 2.24) is 14.8 Å². The monoisotopic (exact) mass is 314 g/mol. The third-order valence-electron chi connectivity index (χ3n) is 3.56. The van der Waals surface area contributed by atoms with Gasteiger partial charge in [0.2, 0.25) is 0 Å². The second kappa shape index (κ2) is 6.65. The average molecular weight is 314 g/mol. The number of methoxy groups -OCH3 is 1. The molecule has 21 heavy (non-hydrogen) atoms. The number of aromatic nitrogens is 3. The molecule has 1 aliphatic carbocycles. The van der Waals surface area contributed by atoms with Gasteiger partial charge in [-0.25, -0.2) is 9.89 Å². The lowest BCUT2D eigenvalue weighted by Gasteiger charge is -2.20. The highest BCUT2D eigenvalue weighted by Crippen LogP contribution is 2.36. The van der Waals surface area contributed by atoms with Crippen LogP contribution in [0.1, 0.15) is 45.1 Å². The molecule has 8 heteroatoms. The zero-order chi connectivity index (χ0) is 15.5. The molecule has 118 valence electrons. The molecule has 1 aliphatic rings. The summed E-state index contributed by atoms with van der Waals surface area (Å²) in [6.07, 6.45) is 4.42. The summed E-state index contributed by atoms with van der Waals surface area (Å²) in [7, 11) is 1.35. The van der Waals surface area contributed by atoms with E-state index in [2.05, 4.69) is 14.9 Å². The molecule has 0 bridgehead atoms. The van der Waals surface area contributed by atoms with E-state index in [4.69, 9.17) is 5.73 Å². The van der Waals surface area contributed by atoms with Gasteiger partial charge >= 0.3 is 11.7 Å². The lowest BCUT2D eigenvalue weighted by Crippen LogP contribution is -2.45. The summed E-state index contributed by atoms with van der Waals surface area (Å²) < 4.78 is 6.41. The SMILES string of the molecule is COC(=O)C(C)(N)CCCCSc1n[nH]c(=O)n1C1CC1. The third kappa shape index (κ3) is 4.10. The second-order valence-corrected chi connectivity index (χ2v) is 6.69. The van der Waals surface area contributed by atoms with Gasteiger partial charge < -0.3 is 10.5 Å². The molecule has 0 saturated heterocycles. The lowest BCUT2D eigenvalue weighted by molar-refractivity contribution is -0.146. The Hall–Kier alpha value is -1.28. The maximum Gasteiger partial charge on any atom is 0.344 e. The number of H-pyrrole nitrogens is 1. The minimum Gasteiger partial charge on any atom is -0.468 e. The number of rotatable bonds is 8. The van der Waals surface area contributed by atoms with Crippen LogP contribution >= 0.6 is 11.8 Å². The molecule has 0 aliphatic heterocycles. The molecule has 2 rings (SSSR count). The van der Waals surface area contributed by atoms with Gasteiger partial charge in [0.25, 0.3) is 0 Å². The largest absolute Gasteiger partial charge is 0.468 e. The summed E-state index contributed by atoms with van der Waals surface area (Å²) in [5.41, 5.74) is 4.84. The molecule has 7 nitrogen and oxygen atoms in total. The molecule has 1 unspecified atom stereocenters. The third-order valence-corrected chi connectivity index (χ3v) is 4.60. The van der Waals surface area contributed by atoms with Crippen LogP contribution in [0.2, 0.25) is 0 Å². The van der Waals surface area contributed by atoms with Crippen molar-refractivity contribution in [3.05, 3.63) is 10.5 Å². The van der Waals surface area contributed by atoms with Gasteiger partial charge in [0.1, 0.15) is 5.54 Å². The van der Waals surface area contributed by atoms with Crippen LogP contribution in [0.5, 0.6) is 0 Å². The van der Waals surface area contributed by atoms with Crippen LogP contribution in [-0.2, 0) is 9.53 Å². The number of nitrogens with zero attached hydrogens (tertiary/aromatic N) is 2. The van der Waals surface area contributed by atoms with Crippen LogP contribution in [0, 0.1) is 0 Å². The molecule has 0 amide bonds. The maximum absolute atomic E-state index is 11.6. The molecular weight excluding hydrogens is 292 g/mol. The second-order valence-electron chi connectivity index (χ2n) is 5.63. The Bertz CT molecular complexity index is 548. The number of thioether (sulfide) groups is 1. The van der Waals surface area contributed by atoms with Crippen LogP contribution in [0.3, 0.4) is 0 Å². The smallest absolute Gasteiger partial charge is 0.344 e. The highest BCUT2D eigenvalue weighted by molar-refractivity contribution is 7.99. The molecule has 1 heterocycles. The average Bonchev–Trinajstić information content (AvgIpc) is 3.21. The van der Waals surface area contributed by atoms with E-state index in [1.54, 1.807) is 23.3 Å². The first-order chi connectivity index (χ1) is 9.95. The van der Waals surface area contributed by atoms with Gasteiger partial charge in [0.15, 0.2) is 5.16 Å². The van der Waals surface area contributed by atoms with Crippen molar-refractivity contribution >= 4 is 17.7 Å². The number of hydrogen-bond acceptors (Lipinski definition) is 6. The first-order valence-corrected chi connectivity index (χ1v) is 8.11. The fourth-order valence-electron chi connectivity index (χ4n) is 2.14. The minimum atomic E-state index is -0.929. The van der Waals surface area contributed by atoms with E-state index in [-0.39, 0.29) is 11.7 Å². The number of hydrogen-bond donors (Lipinski definition) is 2. The van der Waals surface area contributed by atoms with Gasteiger partial charge in [-0.3, -0.25) is 9.36 Å². The van der Waals surface area contributed by atoms with Crippen molar-refractivity contribution in [2.24, 2.45) is 5.73 Å². The molecule has 1 aromatic heterocycles. The van der Waals surface area contributed by atoms with E-state index in [1.807, 2.05) is 0 Å². The normalized spacial score (nSPS) is 17.5. The molecule has 0 aromatic carbocycles. The van der Waals surface area contributed by atoms with E-state index < -0.39 is 5.54 Å². The molecule has 1 atom stereocenters. The van der Waals surface area contributed by atoms with E-state index in [1.165, 1.54) is 7.11 Å². The molecule has 1 aromatic rings. The van der Waals surface area contributed by atoms with Crippen molar-refractivity contribution in [3.8, 4) is 0 Å². The first kappa shape index (κ1) is 16.1. The molecule has 0 spiro atoms. The van der Waals surface area contributed by atoms with Gasteiger partial charge in [-0.05, 0) is 32.6 Å². The van der Waals surface area contributed by atoms with Crippen molar-refractivity contribution < 1.29 is 9.53 Å². The topological polar surface area (TPSA) is 103 Å². The Balaban J connectivity index is 1.73. The van der Waals surface area contributed by atoms with Crippen LogP contribution < -0.4 is 11.4 Å². The highest BCUT2D eigenvalue weighted by Gasteiger charge is 2.29.